The maximum absolute atomic E-state index is 13.7. The SMILES string of the molecule is Fc1ccc(Nc2ncnc3cc(OCCCN4CCN(CCN5CCOCC5)CC4)cc(OC4CCCC4)c23)cc1Cl. The number of piperazine rings is 1. The highest BCUT2D eigenvalue weighted by molar-refractivity contribution is 6.31. The molecule has 1 aliphatic carbocycles. The van der Waals surface area contributed by atoms with E-state index in [1.807, 2.05) is 12.1 Å². The van der Waals surface area contributed by atoms with Crippen LogP contribution in [0.15, 0.2) is 36.7 Å². The van der Waals surface area contributed by atoms with Crippen LogP contribution in [0.1, 0.15) is 32.1 Å². The summed E-state index contributed by atoms with van der Waals surface area (Å²) >= 11 is 6.02. The first-order valence-electron chi connectivity index (χ1n) is 15.7. The van der Waals surface area contributed by atoms with Crippen molar-refractivity contribution in [1.29, 1.82) is 0 Å². The Kier molecular flexibility index (Phi) is 10.4. The number of benzene rings is 2. The number of halogens is 2. The van der Waals surface area contributed by atoms with E-state index in [0.717, 1.165) is 121 Å². The first-order chi connectivity index (χ1) is 21.1. The molecule has 0 bridgehead atoms. The van der Waals surface area contributed by atoms with Crippen LogP contribution < -0.4 is 14.8 Å². The van der Waals surface area contributed by atoms with E-state index in [0.29, 0.717) is 23.9 Å². The average molecular weight is 613 g/mol. The molecule has 3 aromatic rings. The van der Waals surface area contributed by atoms with Crippen molar-refractivity contribution in [1.82, 2.24) is 24.7 Å². The van der Waals surface area contributed by atoms with Crippen molar-refractivity contribution in [2.24, 2.45) is 0 Å². The Morgan fingerprint density at radius 2 is 1.63 bits per heavy atom. The molecule has 2 aromatic carbocycles. The Hall–Kier alpha value is -2.76. The quantitative estimate of drug-likeness (QED) is 0.278. The number of anilines is 2. The van der Waals surface area contributed by atoms with Gasteiger partial charge in [-0.1, -0.05) is 11.6 Å². The Morgan fingerprint density at radius 3 is 2.37 bits per heavy atom. The van der Waals surface area contributed by atoms with Gasteiger partial charge in [0.1, 0.15) is 29.5 Å². The van der Waals surface area contributed by atoms with E-state index < -0.39 is 5.82 Å². The van der Waals surface area contributed by atoms with Gasteiger partial charge in [0.15, 0.2) is 0 Å². The summed E-state index contributed by atoms with van der Waals surface area (Å²) in [6, 6.07) is 8.41. The fraction of sp³-hybridized carbons (Fsp3) is 0.562. The summed E-state index contributed by atoms with van der Waals surface area (Å²) in [6.07, 6.45) is 6.99. The van der Waals surface area contributed by atoms with Crippen molar-refractivity contribution < 1.29 is 18.6 Å². The highest BCUT2D eigenvalue weighted by Crippen LogP contribution is 2.38. The van der Waals surface area contributed by atoms with E-state index in [-0.39, 0.29) is 11.1 Å². The van der Waals surface area contributed by atoms with Crippen molar-refractivity contribution in [3.8, 4) is 11.5 Å². The molecule has 11 heteroatoms. The molecule has 0 radical (unpaired) electrons. The van der Waals surface area contributed by atoms with Gasteiger partial charge < -0.3 is 24.4 Å². The van der Waals surface area contributed by atoms with Gasteiger partial charge in [-0.3, -0.25) is 9.80 Å². The van der Waals surface area contributed by atoms with Crippen LogP contribution in [0.25, 0.3) is 10.9 Å². The first kappa shape index (κ1) is 30.3. The van der Waals surface area contributed by atoms with Crippen LogP contribution >= 0.6 is 11.6 Å². The largest absolute Gasteiger partial charge is 0.493 e. The van der Waals surface area contributed by atoms with E-state index in [1.54, 1.807) is 12.1 Å². The minimum Gasteiger partial charge on any atom is -0.493 e. The summed E-state index contributed by atoms with van der Waals surface area (Å²) in [5, 5.41) is 4.10. The van der Waals surface area contributed by atoms with Gasteiger partial charge in [-0.2, -0.15) is 0 Å². The zero-order valence-corrected chi connectivity index (χ0v) is 25.5. The van der Waals surface area contributed by atoms with E-state index in [4.69, 9.17) is 25.8 Å². The van der Waals surface area contributed by atoms with Gasteiger partial charge >= 0.3 is 0 Å². The molecule has 0 amide bonds. The molecule has 9 nitrogen and oxygen atoms in total. The standard InChI is InChI=1S/C32H42ClFN6O3/c33-27-20-24(6-7-28(27)34)37-32-31-29(35-23-36-32)21-26(22-30(31)43-25-4-1-2-5-25)42-17-3-8-38-9-11-39(12-10-38)13-14-40-15-18-41-19-16-40/h6-7,20-23,25H,1-5,8-19H2,(H,35,36,37). The fourth-order valence-electron chi connectivity index (χ4n) is 6.12. The van der Waals surface area contributed by atoms with E-state index in [1.165, 1.54) is 12.4 Å². The maximum atomic E-state index is 13.7. The van der Waals surface area contributed by atoms with Crippen LogP contribution in [0.5, 0.6) is 11.5 Å². The number of nitrogens with one attached hydrogen (secondary N) is 1. The molecule has 3 heterocycles. The topological polar surface area (TPSA) is 75.2 Å². The molecule has 0 spiro atoms. The van der Waals surface area contributed by atoms with Gasteiger partial charge in [-0.15, -0.1) is 0 Å². The predicted molar refractivity (Wildman–Crippen MR) is 167 cm³/mol. The molecular weight excluding hydrogens is 571 g/mol. The maximum Gasteiger partial charge on any atom is 0.145 e. The normalized spacial score (nSPS) is 19.2. The van der Waals surface area contributed by atoms with Crippen molar-refractivity contribution >= 4 is 34.0 Å². The molecule has 3 aliphatic rings. The lowest BCUT2D eigenvalue weighted by molar-refractivity contribution is 0.0298. The fourth-order valence-corrected chi connectivity index (χ4v) is 6.30. The molecule has 1 aromatic heterocycles. The molecule has 232 valence electrons. The minimum atomic E-state index is -0.464. The minimum absolute atomic E-state index is 0.0483. The molecule has 1 N–H and O–H groups in total. The lowest BCUT2D eigenvalue weighted by atomic mass is 10.2. The van der Waals surface area contributed by atoms with Crippen LogP contribution in [-0.2, 0) is 4.74 Å². The Balaban J connectivity index is 1.05. The second kappa shape index (κ2) is 14.8. The number of nitrogens with zero attached hydrogens (tertiary/aromatic N) is 5. The zero-order valence-electron chi connectivity index (χ0n) is 24.8. The number of hydrogen-bond acceptors (Lipinski definition) is 9. The molecule has 2 aliphatic heterocycles. The Morgan fingerprint density at radius 1 is 0.907 bits per heavy atom. The summed E-state index contributed by atoms with van der Waals surface area (Å²) in [5.41, 5.74) is 1.36. The molecular formula is C32H42ClFN6O3. The van der Waals surface area contributed by atoms with Crippen LogP contribution in [0.4, 0.5) is 15.9 Å². The molecule has 2 saturated heterocycles. The van der Waals surface area contributed by atoms with Gasteiger partial charge in [0.05, 0.1) is 41.9 Å². The van der Waals surface area contributed by atoms with E-state index >= 15 is 0 Å². The predicted octanol–water partition coefficient (Wildman–Crippen LogP) is 5.21. The summed E-state index contributed by atoms with van der Waals surface area (Å²) in [6.45, 7) is 12.2. The van der Waals surface area contributed by atoms with Crippen molar-refractivity contribution in [3.63, 3.8) is 0 Å². The third-order valence-corrected chi connectivity index (χ3v) is 8.93. The van der Waals surface area contributed by atoms with Crippen LogP contribution in [0, 0.1) is 5.82 Å². The van der Waals surface area contributed by atoms with Gasteiger partial charge in [0, 0.05) is 76.7 Å². The highest BCUT2D eigenvalue weighted by Gasteiger charge is 2.22. The lowest BCUT2D eigenvalue weighted by Gasteiger charge is -2.36. The summed E-state index contributed by atoms with van der Waals surface area (Å²) < 4.78 is 32.0. The molecule has 0 unspecified atom stereocenters. The number of hydrogen-bond donors (Lipinski definition) is 1. The lowest BCUT2D eigenvalue weighted by Crippen LogP contribution is -2.49. The molecule has 6 rings (SSSR count). The van der Waals surface area contributed by atoms with E-state index in [2.05, 4.69) is 30.0 Å². The van der Waals surface area contributed by atoms with Gasteiger partial charge in [0.2, 0.25) is 0 Å². The Bertz CT molecular complexity index is 1350. The van der Waals surface area contributed by atoms with Crippen molar-refractivity contribution in [2.45, 2.75) is 38.2 Å². The number of morpholine rings is 1. The molecule has 1 saturated carbocycles. The number of rotatable bonds is 12. The smallest absolute Gasteiger partial charge is 0.145 e. The van der Waals surface area contributed by atoms with Gasteiger partial charge in [-0.25, -0.2) is 14.4 Å². The zero-order chi connectivity index (χ0) is 29.4. The highest BCUT2D eigenvalue weighted by atomic mass is 35.5. The summed E-state index contributed by atoms with van der Waals surface area (Å²) in [4.78, 5) is 16.7. The average Bonchev–Trinajstić information content (AvgIpc) is 3.54. The summed E-state index contributed by atoms with van der Waals surface area (Å²) in [5.74, 6) is 1.55. The van der Waals surface area contributed by atoms with Crippen LogP contribution in [0.2, 0.25) is 5.02 Å². The van der Waals surface area contributed by atoms with Gasteiger partial charge in [-0.05, 0) is 50.3 Å². The molecule has 0 atom stereocenters. The van der Waals surface area contributed by atoms with Gasteiger partial charge in [0.25, 0.3) is 0 Å². The van der Waals surface area contributed by atoms with Crippen molar-refractivity contribution in [2.75, 3.05) is 84.0 Å². The van der Waals surface area contributed by atoms with Crippen molar-refractivity contribution in [3.05, 3.63) is 47.5 Å². The molecule has 3 fully saturated rings. The number of aromatic nitrogens is 2. The van der Waals surface area contributed by atoms with Crippen LogP contribution in [-0.4, -0.2) is 109 Å². The van der Waals surface area contributed by atoms with Crippen LogP contribution in [0.3, 0.4) is 0 Å². The third kappa shape index (κ3) is 8.25. The summed E-state index contributed by atoms with van der Waals surface area (Å²) in [7, 11) is 0. The number of ether oxygens (including phenoxy) is 3. The second-order valence-electron chi connectivity index (χ2n) is 11.7. The second-order valence-corrected chi connectivity index (χ2v) is 12.1. The molecule has 43 heavy (non-hydrogen) atoms. The number of fused-ring (bicyclic) bond motifs is 1. The Labute approximate surface area is 258 Å². The third-order valence-electron chi connectivity index (χ3n) is 8.64. The van der Waals surface area contributed by atoms with E-state index in [9.17, 15) is 4.39 Å². The monoisotopic (exact) mass is 612 g/mol. The first-order valence-corrected chi connectivity index (χ1v) is 16.0.